The normalized spacial score (nSPS) is 12.7. The van der Waals surface area contributed by atoms with E-state index in [1.165, 1.54) is 5.56 Å². The zero-order valence-corrected chi connectivity index (χ0v) is 18.1. The molecule has 7 heteroatoms. The number of benzene rings is 2. The Hall–Kier alpha value is -2.77. The number of thioether (sulfide) groups is 1. The van der Waals surface area contributed by atoms with Crippen molar-refractivity contribution < 1.29 is 5.11 Å². The highest BCUT2D eigenvalue weighted by Crippen LogP contribution is 2.29. The maximum atomic E-state index is 12.9. The van der Waals surface area contributed by atoms with Crippen LogP contribution in [0.15, 0.2) is 53.3 Å². The third-order valence-electron chi connectivity index (χ3n) is 5.08. The van der Waals surface area contributed by atoms with E-state index in [0.29, 0.717) is 28.8 Å². The Balaban J connectivity index is 1.95. The molecule has 0 saturated heterocycles. The van der Waals surface area contributed by atoms with Crippen molar-refractivity contribution in [2.24, 2.45) is 0 Å². The minimum atomic E-state index is -0.356. The van der Waals surface area contributed by atoms with Crippen LogP contribution in [0.25, 0.3) is 27.8 Å². The Kier molecular flexibility index (Phi) is 5.83. The fourth-order valence-electron chi connectivity index (χ4n) is 3.43. The largest absolute Gasteiger partial charge is 0.396 e. The third-order valence-corrected chi connectivity index (χ3v) is 6.21. The predicted octanol–water partition coefficient (Wildman–Crippen LogP) is 4.21. The molecule has 2 heterocycles. The van der Waals surface area contributed by atoms with E-state index in [9.17, 15) is 9.90 Å². The lowest BCUT2D eigenvalue weighted by molar-refractivity contribution is 0.322. The molecule has 0 bridgehead atoms. The summed E-state index contributed by atoms with van der Waals surface area (Å²) < 4.78 is 1.68. The number of aromatic nitrogens is 4. The Morgan fingerprint density at radius 1 is 1.03 bits per heavy atom. The number of aliphatic hydroxyl groups is 1. The van der Waals surface area contributed by atoms with Crippen molar-refractivity contribution in [2.45, 2.75) is 31.9 Å². The van der Waals surface area contributed by atoms with Gasteiger partial charge in [-0.25, -0.2) is 4.98 Å². The SMILES string of the molecule is CC(C)c1ccc(-c2nn3c([C@@H](C)SCCO)nc4ccccc4c3nc2=O)cc1. The monoisotopic (exact) mass is 420 g/mol. The van der Waals surface area contributed by atoms with Gasteiger partial charge in [0.25, 0.3) is 5.56 Å². The van der Waals surface area contributed by atoms with E-state index in [1.54, 1.807) is 16.3 Å². The molecule has 30 heavy (non-hydrogen) atoms. The van der Waals surface area contributed by atoms with Crippen LogP contribution in [-0.2, 0) is 0 Å². The Bertz CT molecular complexity index is 1250. The fourth-order valence-corrected chi connectivity index (χ4v) is 4.19. The molecule has 0 radical (unpaired) electrons. The lowest BCUT2D eigenvalue weighted by atomic mass is 10.0. The van der Waals surface area contributed by atoms with Gasteiger partial charge in [-0.2, -0.15) is 14.6 Å². The molecular formula is C23H24N4O2S. The van der Waals surface area contributed by atoms with Gasteiger partial charge in [0.1, 0.15) is 5.82 Å². The summed E-state index contributed by atoms with van der Waals surface area (Å²) in [5, 5.41) is 14.7. The summed E-state index contributed by atoms with van der Waals surface area (Å²) in [6.07, 6.45) is 0. The van der Waals surface area contributed by atoms with Crippen LogP contribution in [0.5, 0.6) is 0 Å². The highest BCUT2D eigenvalue weighted by atomic mass is 32.2. The second kappa shape index (κ2) is 8.53. The van der Waals surface area contributed by atoms with Crippen LogP contribution < -0.4 is 5.56 Å². The van der Waals surface area contributed by atoms with Crippen molar-refractivity contribution >= 4 is 28.3 Å². The van der Waals surface area contributed by atoms with Gasteiger partial charge in [0.15, 0.2) is 11.3 Å². The van der Waals surface area contributed by atoms with E-state index in [-0.39, 0.29) is 17.4 Å². The Labute approximate surface area is 179 Å². The Morgan fingerprint density at radius 3 is 2.47 bits per heavy atom. The van der Waals surface area contributed by atoms with Gasteiger partial charge in [0.05, 0.1) is 17.4 Å². The maximum Gasteiger partial charge on any atom is 0.300 e. The van der Waals surface area contributed by atoms with Crippen LogP contribution in [0, 0.1) is 0 Å². The highest BCUT2D eigenvalue weighted by Gasteiger charge is 2.18. The summed E-state index contributed by atoms with van der Waals surface area (Å²) in [5.41, 5.74) is 3.16. The average Bonchev–Trinajstić information content (AvgIpc) is 2.76. The van der Waals surface area contributed by atoms with Crippen molar-refractivity contribution in [2.75, 3.05) is 12.4 Å². The topological polar surface area (TPSA) is 80.4 Å². The number of aliphatic hydroxyl groups excluding tert-OH is 1. The van der Waals surface area contributed by atoms with Crippen LogP contribution in [0.4, 0.5) is 0 Å². The molecule has 0 spiro atoms. The van der Waals surface area contributed by atoms with Crippen molar-refractivity contribution in [1.82, 2.24) is 19.6 Å². The zero-order chi connectivity index (χ0) is 21.3. The zero-order valence-electron chi connectivity index (χ0n) is 17.2. The quantitative estimate of drug-likeness (QED) is 0.471. The molecule has 6 nitrogen and oxygen atoms in total. The van der Waals surface area contributed by atoms with E-state index < -0.39 is 0 Å². The first-order valence-corrected chi connectivity index (χ1v) is 11.1. The van der Waals surface area contributed by atoms with Gasteiger partial charge >= 0.3 is 0 Å². The molecule has 154 valence electrons. The molecule has 1 atom stereocenters. The minimum Gasteiger partial charge on any atom is -0.396 e. The smallest absolute Gasteiger partial charge is 0.300 e. The second-order valence-electron chi connectivity index (χ2n) is 7.50. The van der Waals surface area contributed by atoms with Gasteiger partial charge < -0.3 is 5.11 Å². The van der Waals surface area contributed by atoms with Gasteiger partial charge in [-0.1, -0.05) is 50.2 Å². The molecular weight excluding hydrogens is 396 g/mol. The molecule has 2 aromatic heterocycles. The first kappa shape index (κ1) is 20.5. The number of hydrogen-bond acceptors (Lipinski definition) is 6. The molecule has 0 aliphatic rings. The summed E-state index contributed by atoms with van der Waals surface area (Å²) in [5.74, 6) is 1.71. The molecule has 0 saturated carbocycles. The first-order chi connectivity index (χ1) is 14.5. The van der Waals surface area contributed by atoms with E-state index >= 15 is 0 Å². The van der Waals surface area contributed by atoms with Gasteiger partial charge in [-0.3, -0.25) is 4.79 Å². The van der Waals surface area contributed by atoms with Crippen LogP contribution in [0.3, 0.4) is 0 Å². The van der Waals surface area contributed by atoms with E-state index in [4.69, 9.17) is 10.1 Å². The molecule has 4 rings (SSSR count). The summed E-state index contributed by atoms with van der Waals surface area (Å²) >= 11 is 1.58. The number of para-hydroxylation sites is 1. The fraction of sp³-hybridized carbons (Fsp3) is 0.304. The lowest BCUT2D eigenvalue weighted by Crippen LogP contribution is -2.19. The number of nitrogens with zero attached hydrogens (tertiary/aromatic N) is 4. The molecule has 0 fully saturated rings. The van der Waals surface area contributed by atoms with Gasteiger partial charge in [0.2, 0.25) is 0 Å². The second-order valence-corrected chi connectivity index (χ2v) is 8.95. The van der Waals surface area contributed by atoms with Crippen LogP contribution in [0.2, 0.25) is 0 Å². The number of hydrogen-bond donors (Lipinski definition) is 1. The standard InChI is InChI=1S/C23H24N4O2S/c1-14(2)16-8-10-17(11-9-16)20-23(29)25-22-18-6-4-5-7-19(18)24-21(27(22)26-20)15(3)30-13-12-28/h4-11,14-15,28H,12-13H2,1-3H3/t15-/m1/s1. The molecule has 0 aliphatic carbocycles. The van der Waals surface area contributed by atoms with Crippen LogP contribution in [0.1, 0.15) is 43.3 Å². The van der Waals surface area contributed by atoms with Gasteiger partial charge in [-0.05, 0) is 30.5 Å². The molecule has 4 aromatic rings. The lowest BCUT2D eigenvalue weighted by Gasteiger charge is -2.15. The van der Waals surface area contributed by atoms with Crippen molar-refractivity contribution in [3.8, 4) is 11.3 Å². The molecule has 0 unspecified atom stereocenters. The number of rotatable bonds is 6. The first-order valence-electron chi connectivity index (χ1n) is 10.0. The van der Waals surface area contributed by atoms with Crippen molar-refractivity contribution in [3.05, 3.63) is 70.3 Å². The van der Waals surface area contributed by atoms with Crippen molar-refractivity contribution in [3.63, 3.8) is 0 Å². The minimum absolute atomic E-state index is 0.0303. The summed E-state index contributed by atoms with van der Waals surface area (Å²) in [4.78, 5) is 22.1. The summed E-state index contributed by atoms with van der Waals surface area (Å²) in [6.45, 7) is 6.38. The molecule has 2 aromatic carbocycles. The van der Waals surface area contributed by atoms with Crippen LogP contribution >= 0.6 is 11.8 Å². The van der Waals surface area contributed by atoms with E-state index in [0.717, 1.165) is 16.5 Å². The van der Waals surface area contributed by atoms with Crippen LogP contribution in [-0.4, -0.2) is 37.0 Å². The van der Waals surface area contributed by atoms with Gasteiger partial charge in [0, 0.05) is 16.7 Å². The molecule has 1 N–H and O–H groups in total. The molecule has 0 aliphatic heterocycles. The summed E-state index contributed by atoms with van der Waals surface area (Å²) in [7, 11) is 0. The number of fused-ring (bicyclic) bond motifs is 3. The van der Waals surface area contributed by atoms with Gasteiger partial charge in [-0.15, -0.1) is 11.8 Å². The van der Waals surface area contributed by atoms with E-state index in [2.05, 4.69) is 18.8 Å². The highest BCUT2D eigenvalue weighted by molar-refractivity contribution is 7.99. The van der Waals surface area contributed by atoms with Crippen molar-refractivity contribution in [1.29, 1.82) is 0 Å². The predicted molar refractivity (Wildman–Crippen MR) is 122 cm³/mol. The summed E-state index contributed by atoms with van der Waals surface area (Å²) in [6, 6.07) is 15.5. The molecule has 0 amide bonds. The average molecular weight is 421 g/mol. The maximum absolute atomic E-state index is 12.9. The third kappa shape index (κ3) is 3.82. The van der Waals surface area contributed by atoms with E-state index in [1.807, 2.05) is 55.5 Å². The Morgan fingerprint density at radius 2 is 1.77 bits per heavy atom.